The van der Waals surface area contributed by atoms with E-state index in [4.69, 9.17) is 9.15 Å². The Bertz CT molecular complexity index is 708. The molecule has 0 aliphatic heterocycles. The van der Waals surface area contributed by atoms with Crippen molar-refractivity contribution in [2.24, 2.45) is 0 Å². The van der Waals surface area contributed by atoms with E-state index in [-0.39, 0.29) is 10.9 Å². The SMILES string of the molecule is CCOc1ccc(S(=O)(=O)NC(C)Cc2ccco2)cc1C. The van der Waals surface area contributed by atoms with Crippen LogP contribution < -0.4 is 9.46 Å². The third kappa shape index (κ3) is 4.11. The number of aryl methyl sites for hydroxylation is 1. The number of nitrogens with one attached hydrogen (secondary N) is 1. The van der Waals surface area contributed by atoms with Gasteiger partial charge in [0.1, 0.15) is 11.5 Å². The van der Waals surface area contributed by atoms with Gasteiger partial charge in [0, 0.05) is 12.5 Å². The predicted octanol–water partition coefficient (Wildman–Crippen LogP) is 2.90. The third-order valence-corrected chi connectivity index (χ3v) is 4.79. The Balaban J connectivity index is 2.11. The minimum atomic E-state index is -3.56. The fourth-order valence-corrected chi connectivity index (χ4v) is 3.54. The summed E-state index contributed by atoms with van der Waals surface area (Å²) in [4.78, 5) is 0.236. The number of furan rings is 1. The van der Waals surface area contributed by atoms with Crippen LogP contribution in [0.15, 0.2) is 45.9 Å². The first-order valence-electron chi connectivity index (χ1n) is 7.20. The van der Waals surface area contributed by atoms with Crippen LogP contribution in [0.25, 0.3) is 0 Å². The predicted molar refractivity (Wildman–Crippen MR) is 84.5 cm³/mol. The molecule has 1 N–H and O–H groups in total. The highest BCUT2D eigenvalue weighted by molar-refractivity contribution is 7.89. The zero-order chi connectivity index (χ0) is 16.2. The standard InChI is InChI=1S/C16H21NO4S/c1-4-20-16-8-7-15(10-12(16)2)22(18,19)17-13(3)11-14-6-5-9-21-14/h5-10,13,17H,4,11H2,1-3H3. The molecule has 0 spiro atoms. The van der Waals surface area contributed by atoms with E-state index in [1.165, 1.54) is 0 Å². The van der Waals surface area contributed by atoms with Gasteiger partial charge in [-0.3, -0.25) is 0 Å². The molecule has 1 unspecified atom stereocenters. The van der Waals surface area contributed by atoms with Crippen LogP contribution in [-0.2, 0) is 16.4 Å². The van der Waals surface area contributed by atoms with E-state index in [9.17, 15) is 8.42 Å². The maximum absolute atomic E-state index is 12.4. The number of hydrogen-bond donors (Lipinski definition) is 1. The highest BCUT2D eigenvalue weighted by Gasteiger charge is 2.19. The van der Waals surface area contributed by atoms with E-state index >= 15 is 0 Å². The Morgan fingerprint density at radius 2 is 2.09 bits per heavy atom. The molecule has 2 rings (SSSR count). The first kappa shape index (κ1) is 16.6. The Hall–Kier alpha value is -1.79. The summed E-state index contributed by atoms with van der Waals surface area (Å²) in [5, 5.41) is 0. The summed E-state index contributed by atoms with van der Waals surface area (Å²) in [6.45, 7) is 6.07. The molecule has 0 amide bonds. The van der Waals surface area contributed by atoms with E-state index in [1.807, 2.05) is 26.8 Å². The molecule has 0 saturated heterocycles. The molecule has 120 valence electrons. The van der Waals surface area contributed by atoms with Gasteiger partial charge in [-0.05, 0) is 56.7 Å². The number of hydrogen-bond acceptors (Lipinski definition) is 4. The molecular formula is C16H21NO4S. The van der Waals surface area contributed by atoms with Gasteiger partial charge in [-0.15, -0.1) is 0 Å². The maximum atomic E-state index is 12.4. The number of rotatable bonds is 7. The zero-order valence-corrected chi connectivity index (χ0v) is 13.8. The zero-order valence-electron chi connectivity index (χ0n) is 13.0. The molecule has 6 heteroatoms. The van der Waals surface area contributed by atoms with Gasteiger partial charge < -0.3 is 9.15 Å². The summed E-state index contributed by atoms with van der Waals surface area (Å²) in [7, 11) is -3.56. The average molecular weight is 323 g/mol. The van der Waals surface area contributed by atoms with Crippen LogP contribution in [0.1, 0.15) is 25.2 Å². The summed E-state index contributed by atoms with van der Waals surface area (Å²) >= 11 is 0. The normalized spacial score (nSPS) is 13.0. The smallest absolute Gasteiger partial charge is 0.240 e. The van der Waals surface area contributed by atoms with Gasteiger partial charge in [0.05, 0.1) is 17.8 Å². The van der Waals surface area contributed by atoms with E-state index in [1.54, 1.807) is 30.5 Å². The molecule has 0 bridgehead atoms. The quantitative estimate of drug-likeness (QED) is 0.850. The Morgan fingerprint density at radius 1 is 1.32 bits per heavy atom. The van der Waals surface area contributed by atoms with Crippen LogP contribution in [0.4, 0.5) is 0 Å². The highest BCUT2D eigenvalue weighted by atomic mass is 32.2. The lowest BCUT2D eigenvalue weighted by Crippen LogP contribution is -2.34. The van der Waals surface area contributed by atoms with Crippen molar-refractivity contribution in [3.63, 3.8) is 0 Å². The van der Waals surface area contributed by atoms with Crippen molar-refractivity contribution in [3.05, 3.63) is 47.9 Å². The Kier molecular flexibility index (Phi) is 5.26. The molecule has 0 saturated carbocycles. The highest BCUT2D eigenvalue weighted by Crippen LogP contribution is 2.22. The molecule has 22 heavy (non-hydrogen) atoms. The van der Waals surface area contributed by atoms with Gasteiger partial charge in [-0.1, -0.05) is 0 Å². The molecule has 1 aromatic heterocycles. The molecule has 0 aliphatic rings. The first-order chi connectivity index (χ1) is 10.4. The molecule has 1 aromatic carbocycles. The lowest BCUT2D eigenvalue weighted by atomic mass is 10.2. The fourth-order valence-electron chi connectivity index (χ4n) is 2.21. The van der Waals surface area contributed by atoms with Crippen molar-refractivity contribution in [2.45, 2.75) is 38.1 Å². The molecule has 1 atom stereocenters. The van der Waals surface area contributed by atoms with Crippen LogP contribution in [0.3, 0.4) is 0 Å². The second-order valence-electron chi connectivity index (χ2n) is 5.17. The van der Waals surface area contributed by atoms with E-state index in [0.29, 0.717) is 18.8 Å². The molecule has 5 nitrogen and oxygen atoms in total. The monoisotopic (exact) mass is 323 g/mol. The van der Waals surface area contributed by atoms with Gasteiger partial charge in [0.25, 0.3) is 0 Å². The maximum Gasteiger partial charge on any atom is 0.240 e. The van der Waals surface area contributed by atoms with Gasteiger partial charge >= 0.3 is 0 Å². The Labute approximate surface area is 131 Å². The molecule has 0 aliphatic carbocycles. The molecule has 0 radical (unpaired) electrons. The summed E-state index contributed by atoms with van der Waals surface area (Å²) in [6.07, 6.45) is 2.08. The van der Waals surface area contributed by atoms with Gasteiger partial charge in [0.2, 0.25) is 10.0 Å². The van der Waals surface area contributed by atoms with E-state index in [2.05, 4.69) is 4.72 Å². The minimum Gasteiger partial charge on any atom is -0.494 e. The molecule has 0 fully saturated rings. The van der Waals surface area contributed by atoms with Crippen molar-refractivity contribution in [1.29, 1.82) is 0 Å². The number of benzene rings is 1. The van der Waals surface area contributed by atoms with Crippen molar-refractivity contribution in [2.75, 3.05) is 6.61 Å². The number of sulfonamides is 1. The van der Waals surface area contributed by atoms with Gasteiger partial charge in [-0.2, -0.15) is 0 Å². The van der Waals surface area contributed by atoms with Crippen LogP contribution in [0.5, 0.6) is 5.75 Å². The second-order valence-corrected chi connectivity index (χ2v) is 6.88. The third-order valence-electron chi connectivity index (χ3n) is 3.20. The van der Waals surface area contributed by atoms with Crippen LogP contribution >= 0.6 is 0 Å². The van der Waals surface area contributed by atoms with Gasteiger partial charge in [0.15, 0.2) is 0 Å². The average Bonchev–Trinajstić information content (AvgIpc) is 2.93. The lowest BCUT2D eigenvalue weighted by Gasteiger charge is -2.14. The van der Waals surface area contributed by atoms with Crippen molar-refractivity contribution < 1.29 is 17.6 Å². The Morgan fingerprint density at radius 3 is 2.68 bits per heavy atom. The van der Waals surface area contributed by atoms with E-state index in [0.717, 1.165) is 11.3 Å². The summed E-state index contributed by atoms with van der Waals surface area (Å²) < 4.78 is 38.1. The summed E-state index contributed by atoms with van der Waals surface area (Å²) in [5.74, 6) is 1.45. The fraction of sp³-hybridized carbons (Fsp3) is 0.375. The second kappa shape index (κ2) is 6.98. The van der Waals surface area contributed by atoms with Crippen LogP contribution in [-0.4, -0.2) is 21.1 Å². The largest absolute Gasteiger partial charge is 0.494 e. The van der Waals surface area contributed by atoms with Crippen molar-refractivity contribution in [1.82, 2.24) is 4.72 Å². The minimum absolute atomic E-state index is 0.236. The first-order valence-corrected chi connectivity index (χ1v) is 8.69. The molecule has 1 heterocycles. The molecular weight excluding hydrogens is 302 g/mol. The number of ether oxygens (including phenoxy) is 1. The van der Waals surface area contributed by atoms with Crippen molar-refractivity contribution >= 4 is 10.0 Å². The topological polar surface area (TPSA) is 68.5 Å². The van der Waals surface area contributed by atoms with Crippen LogP contribution in [0, 0.1) is 6.92 Å². The van der Waals surface area contributed by atoms with Crippen LogP contribution in [0.2, 0.25) is 0 Å². The summed E-state index contributed by atoms with van der Waals surface area (Å²) in [5.41, 5.74) is 0.795. The summed E-state index contributed by atoms with van der Waals surface area (Å²) in [6, 6.07) is 8.21. The lowest BCUT2D eigenvalue weighted by molar-refractivity contribution is 0.337. The van der Waals surface area contributed by atoms with E-state index < -0.39 is 10.0 Å². The molecule has 2 aromatic rings. The van der Waals surface area contributed by atoms with Gasteiger partial charge in [-0.25, -0.2) is 13.1 Å². The van der Waals surface area contributed by atoms with Crippen molar-refractivity contribution in [3.8, 4) is 5.75 Å².